The summed E-state index contributed by atoms with van der Waals surface area (Å²) in [4.78, 5) is 44.2. The van der Waals surface area contributed by atoms with Crippen LogP contribution in [-0.4, -0.2) is 64.6 Å². The number of fused-ring (bicyclic) bond motifs is 1. The molecule has 0 spiro atoms. The minimum absolute atomic E-state index is 0.0454. The summed E-state index contributed by atoms with van der Waals surface area (Å²) in [7, 11) is 0. The van der Waals surface area contributed by atoms with Crippen LogP contribution in [-0.2, 0) is 16.1 Å². The van der Waals surface area contributed by atoms with E-state index in [0.717, 1.165) is 16.7 Å². The number of piperazine rings is 1. The van der Waals surface area contributed by atoms with Crippen molar-refractivity contribution in [3.8, 4) is 0 Å². The van der Waals surface area contributed by atoms with Crippen molar-refractivity contribution in [2.75, 3.05) is 26.2 Å². The summed E-state index contributed by atoms with van der Waals surface area (Å²) in [6.45, 7) is 5.78. The summed E-state index contributed by atoms with van der Waals surface area (Å²) < 4.78 is 0. The Hall–Kier alpha value is -3.15. The molecule has 2 aromatic carbocycles. The van der Waals surface area contributed by atoms with Crippen LogP contribution in [0.2, 0.25) is 0 Å². The van der Waals surface area contributed by atoms with Crippen molar-refractivity contribution >= 4 is 17.7 Å². The molecule has 2 aliphatic heterocycles. The van der Waals surface area contributed by atoms with Crippen molar-refractivity contribution < 1.29 is 14.4 Å². The van der Waals surface area contributed by atoms with E-state index in [4.69, 9.17) is 0 Å². The van der Waals surface area contributed by atoms with E-state index in [1.165, 1.54) is 0 Å². The summed E-state index contributed by atoms with van der Waals surface area (Å²) in [5.74, 6) is -0.213. The number of aryl methyl sites for hydroxylation is 2. The summed E-state index contributed by atoms with van der Waals surface area (Å²) in [6, 6.07) is 14.7. The lowest BCUT2D eigenvalue weighted by Gasteiger charge is -2.40. The van der Waals surface area contributed by atoms with Crippen molar-refractivity contribution in [2.45, 2.75) is 32.9 Å². The van der Waals surface area contributed by atoms with Crippen molar-refractivity contribution in [3.63, 3.8) is 0 Å². The second-order valence-corrected chi connectivity index (χ2v) is 8.19. The molecule has 6 nitrogen and oxygen atoms in total. The van der Waals surface area contributed by atoms with Gasteiger partial charge in [-0.2, -0.15) is 0 Å². The first kappa shape index (κ1) is 20.1. The normalized spacial score (nSPS) is 19.5. The third kappa shape index (κ3) is 3.95. The molecule has 1 unspecified atom stereocenters. The Morgan fingerprint density at radius 2 is 1.77 bits per heavy atom. The van der Waals surface area contributed by atoms with Crippen LogP contribution in [0.5, 0.6) is 0 Å². The molecule has 0 aromatic heterocycles. The first-order valence-electron chi connectivity index (χ1n) is 10.4. The lowest BCUT2D eigenvalue weighted by atomic mass is 10.0. The highest BCUT2D eigenvalue weighted by molar-refractivity contribution is 5.97. The summed E-state index contributed by atoms with van der Waals surface area (Å²) in [5.41, 5.74) is 3.82. The third-order valence-electron chi connectivity index (χ3n) is 6.10. The van der Waals surface area contributed by atoms with E-state index in [9.17, 15) is 14.4 Å². The van der Waals surface area contributed by atoms with Gasteiger partial charge in [0.25, 0.3) is 5.91 Å². The SMILES string of the molecule is Cc1ccc(C(=O)N2CCCN3C(=O)CN(Cc4ccccc4)C(=O)C3C2)cc1C. The van der Waals surface area contributed by atoms with Crippen LogP contribution in [0.25, 0.3) is 0 Å². The van der Waals surface area contributed by atoms with Crippen LogP contribution in [0.3, 0.4) is 0 Å². The Balaban J connectivity index is 1.54. The Morgan fingerprint density at radius 1 is 1.00 bits per heavy atom. The number of carbonyl (C=O) groups excluding carboxylic acids is 3. The lowest BCUT2D eigenvalue weighted by molar-refractivity contribution is -0.156. The zero-order chi connectivity index (χ0) is 21.3. The number of hydrogen-bond acceptors (Lipinski definition) is 3. The van der Waals surface area contributed by atoms with Gasteiger partial charge in [0.15, 0.2) is 0 Å². The van der Waals surface area contributed by atoms with E-state index in [0.29, 0.717) is 31.6 Å². The molecule has 0 saturated carbocycles. The smallest absolute Gasteiger partial charge is 0.253 e. The number of amides is 3. The first-order chi connectivity index (χ1) is 14.4. The maximum Gasteiger partial charge on any atom is 0.253 e. The van der Waals surface area contributed by atoms with Gasteiger partial charge in [-0.25, -0.2) is 0 Å². The molecule has 0 N–H and O–H groups in total. The average Bonchev–Trinajstić information content (AvgIpc) is 2.98. The van der Waals surface area contributed by atoms with E-state index >= 15 is 0 Å². The maximum absolute atomic E-state index is 13.3. The number of benzene rings is 2. The molecule has 0 bridgehead atoms. The van der Waals surface area contributed by atoms with E-state index in [1.54, 1.807) is 14.7 Å². The Labute approximate surface area is 177 Å². The number of rotatable bonds is 3. The quantitative estimate of drug-likeness (QED) is 0.788. The van der Waals surface area contributed by atoms with Gasteiger partial charge in [0.2, 0.25) is 11.8 Å². The van der Waals surface area contributed by atoms with Gasteiger partial charge in [0, 0.05) is 25.2 Å². The van der Waals surface area contributed by atoms with Crippen molar-refractivity contribution in [3.05, 3.63) is 70.8 Å². The fourth-order valence-corrected chi connectivity index (χ4v) is 4.22. The zero-order valence-corrected chi connectivity index (χ0v) is 17.5. The monoisotopic (exact) mass is 405 g/mol. The van der Waals surface area contributed by atoms with Crippen LogP contribution < -0.4 is 0 Å². The molecule has 30 heavy (non-hydrogen) atoms. The molecule has 2 fully saturated rings. The molecule has 0 aliphatic carbocycles. The van der Waals surface area contributed by atoms with Gasteiger partial charge in [-0.1, -0.05) is 36.4 Å². The number of hydrogen-bond donors (Lipinski definition) is 0. The van der Waals surface area contributed by atoms with E-state index in [1.807, 2.05) is 62.4 Å². The maximum atomic E-state index is 13.3. The van der Waals surface area contributed by atoms with Crippen LogP contribution in [0, 0.1) is 13.8 Å². The highest BCUT2D eigenvalue weighted by Gasteiger charge is 2.42. The molecule has 6 heteroatoms. The summed E-state index contributed by atoms with van der Waals surface area (Å²) in [5, 5.41) is 0. The van der Waals surface area contributed by atoms with E-state index in [2.05, 4.69) is 0 Å². The third-order valence-corrected chi connectivity index (χ3v) is 6.10. The van der Waals surface area contributed by atoms with Gasteiger partial charge in [0.05, 0.1) is 6.54 Å². The molecule has 4 rings (SSSR count). The topological polar surface area (TPSA) is 60.9 Å². The molecular weight excluding hydrogens is 378 g/mol. The second-order valence-electron chi connectivity index (χ2n) is 8.19. The molecule has 3 amide bonds. The van der Waals surface area contributed by atoms with Gasteiger partial charge < -0.3 is 14.7 Å². The van der Waals surface area contributed by atoms with Gasteiger partial charge in [-0.05, 0) is 49.1 Å². The molecule has 1 atom stereocenters. The second kappa shape index (κ2) is 8.30. The summed E-state index contributed by atoms with van der Waals surface area (Å²) in [6.07, 6.45) is 0.671. The van der Waals surface area contributed by atoms with Crippen LogP contribution >= 0.6 is 0 Å². The van der Waals surface area contributed by atoms with Gasteiger partial charge in [-0.3, -0.25) is 14.4 Å². The van der Waals surface area contributed by atoms with Crippen LogP contribution in [0.15, 0.2) is 48.5 Å². The molecular formula is C24H27N3O3. The minimum Gasteiger partial charge on any atom is -0.336 e. The van der Waals surface area contributed by atoms with Crippen molar-refractivity contribution in [2.24, 2.45) is 0 Å². The largest absolute Gasteiger partial charge is 0.336 e. The lowest BCUT2D eigenvalue weighted by Crippen LogP contribution is -2.61. The molecule has 0 radical (unpaired) electrons. The van der Waals surface area contributed by atoms with Gasteiger partial charge in [0.1, 0.15) is 12.6 Å². The van der Waals surface area contributed by atoms with Crippen molar-refractivity contribution in [1.29, 1.82) is 0 Å². The predicted molar refractivity (Wildman–Crippen MR) is 114 cm³/mol. The van der Waals surface area contributed by atoms with Crippen LogP contribution in [0.1, 0.15) is 33.5 Å². The van der Waals surface area contributed by atoms with E-state index < -0.39 is 6.04 Å². The standard InChI is InChI=1S/C24H27N3O3/c1-17-9-10-20(13-18(17)2)23(29)25-11-6-12-27-21(15-25)24(30)26(16-22(27)28)14-19-7-4-3-5-8-19/h3-5,7-10,13,21H,6,11-12,14-16H2,1-2H3. The number of carbonyl (C=O) groups is 3. The molecule has 2 heterocycles. The van der Waals surface area contributed by atoms with Gasteiger partial charge >= 0.3 is 0 Å². The Kier molecular flexibility index (Phi) is 5.57. The fourth-order valence-electron chi connectivity index (χ4n) is 4.22. The van der Waals surface area contributed by atoms with Crippen LogP contribution in [0.4, 0.5) is 0 Å². The Morgan fingerprint density at radius 3 is 2.50 bits per heavy atom. The fraction of sp³-hybridized carbons (Fsp3) is 0.375. The van der Waals surface area contributed by atoms with E-state index in [-0.39, 0.29) is 30.8 Å². The first-order valence-corrected chi connectivity index (χ1v) is 10.4. The highest BCUT2D eigenvalue weighted by atomic mass is 16.2. The Bertz CT molecular complexity index is 973. The minimum atomic E-state index is -0.618. The molecule has 2 saturated heterocycles. The molecule has 156 valence electrons. The molecule has 2 aromatic rings. The zero-order valence-electron chi connectivity index (χ0n) is 17.5. The molecule has 2 aliphatic rings. The summed E-state index contributed by atoms with van der Waals surface area (Å²) >= 11 is 0. The van der Waals surface area contributed by atoms with Gasteiger partial charge in [-0.15, -0.1) is 0 Å². The van der Waals surface area contributed by atoms with Crippen molar-refractivity contribution in [1.82, 2.24) is 14.7 Å². The average molecular weight is 405 g/mol. The highest BCUT2D eigenvalue weighted by Crippen LogP contribution is 2.21. The number of nitrogens with zero attached hydrogens (tertiary/aromatic N) is 3. The predicted octanol–water partition coefficient (Wildman–Crippen LogP) is 2.39.